The summed E-state index contributed by atoms with van der Waals surface area (Å²) in [4.78, 5) is 11.4. The highest BCUT2D eigenvalue weighted by atomic mass is 32.2. The summed E-state index contributed by atoms with van der Waals surface area (Å²) in [5, 5.41) is 9.68. The maximum atomic E-state index is 12.8. The number of anilines is 1. The predicted octanol–water partition coefficient (Wildman–Crippen LogP) is -0.505. The zero-order valence-electron chi connectivity index (χ0n) is 11.9. The van der Waals surface area contributed by atoms with Gasteiger partial charge in [-0.15, -0.1) is 0 Å². The maximum Gasteiger partial charge on any atom is 0.246 e. The number of hydrogen-bond donors (Lipinski definition) is 3. The molecule has 1 aliphatic rings. The number of carbonyl (C=O) groups is 1. The number of aryl methyl sites for hydroxylation is 1. The van der Waals surface area contributed by atoms with Gasteiger partial charge in [0.2, 0.25) is 15.9 Å². The molecule has 0 spiro atoms. The molecule has 0 aliphatic carbocycles. The highest BCUT2D eigenvalue weighted by Crippen LogP contribution is 2.32. The number of amides is 1. The lowest BCUT2D eigenvalue weighted by atomic mass is 10.1. The van der Waals surface area contributed by atoms with Gasteiger partial charge in [0.15, 0.2) is 0 Å². The fourth-order valence-electron chi connectivity index (χ4n) is 2.58. The number of aliphatic hydroxyl groups is 1. The number of nitrogen functional groups attached to an aromatic ring is 1. The van der Waals surface area contributed by atoms with E-state index in [1.165, 1.54) is 6.07 Å². The Labute approximate surface area is 123 Å². The summed E-state index contributed by atoms with van der Waals surface area (Å²) in [5.41, 5.74) is 12.5. The third kappa shape index (κ3) is 2.61. The number of carbonyl (C=O) groups excluding carboxylic acids is 1. The molecule has 0 bridgehead atoms. The van der Waals surface area contributed by atoms with Crippen LogP contribution in [0.2, 0.25) is 0 Å². The fourth-order valence-corrected chi connectivity index (χ4v) is 4.62. The van der Waals surface area contributed by atoms with Crippen LogP contribution in [0.15, 0.2) is 17.0 Å². The number of rotatable bonds is 3. The fraction of sp³-hybridized carbons (Fsp3) is 0.462. The normalized spacial score (nSPS) is 23.4. The van der Waals surface area contributed by atoms with E-state index in [2.05, 4.69) is 0 Å². The second-order valence-electron chi connectivity index (χ2n) is 5.31. The Balaban J connectivity index is 2.57. The Bertz CT molecular complexity index is 687. The number of β-amino-alcohol motifs (C(OH)–C–C–N with tert-alkyl or cyclic N) is 1. The van der Waals surface area contributed by atoms with Crippen LogP contribution in [0.5, 0.6) is 0 Å². The zero-order chi connectivity index (χ0) is 15.9. The molecule has 8 heteroatoms. The summed E-state index contributed by atoms with van der Waals surface area (Å²) in [7, 11) is -4.00. The highest BCUT2D eigenvalue weighted by Gasteiger charge is 2.43. The summed E-state index contributed by atoms with van der Waals surface area (Å²) in [5.74, 6) is -0.779. The molecule has 1 amide bonds. The first-order valence-electron chi connectivity index (χ1n) is 6.51. The minimum atomic E-state index is -4.00. The Kier molecular flexibility index (Phi) is 3.96. The Morgan fingerprint density at radius 1 is 1.38 bits per heavy atom. The number of primary amides is 1. The molecule has 7 nitrogen and oxygen atoms in total. The van der Waals surface area contributed by atoms with Gasteiger partial charge >= 0.3 is 0 Å². The highest BCUT2D eigenvalue weighted by molar-refractivity contribution is 7.89. The van der Waals surface area contributed by atoms with Crippen molar-refractivity contribution in [2.75, 3.05) is 12.3 Å². The molecular weight excluding hydrogens is 294 g/mol. The van der Waals surface area contributed by atoms with Crippen LogP contribution in [0.4, 0.5) is 5.69 Å². The number of nitrogens with two attached hydrogens (primary N) is 2. The molecule has 2 unspecified atom stereocenters. The molecule has 1 aromatic carbocycles. The lowest BCUT2D eigenvalue weighted by molar-refractivity contribution is -0.121. The first kappa shape index (κ1) is 15.7. The van der Waals surface area contributed by atoms with Crippen molar-refractivity contribution in [3.8, 4) is 0 Å². The Morgan fingerprint density at radius 2 is 2.00 bits per heavy atom. The van der Waals surface area contributed by atoms with E-state index in [9.17, 15) is 18.3 Å². The van der Waals surface area contributed by atoms with E-state index in [0.717, 1.165) is 9.87 Å². The second-order valence-corrected chi connectivity index (χ2v) is 7.14. The third-order valence-corrected chi connectivity index (χ3v) is 5.91. The van der Waals surface area contributed by atoms with Crippen molar-refractivity contribution in [3.05, 3.63) is 23.3 Å². The van der Waals surface area contributed by atoms with Gasteiger partial charge in [-0.2, -0.15) is 4.31 Å². The number of benzene rings is 1. The molecule has 5 N–H and O–H groups in total. The van der Waals surface area contributed by atoms with Gasteiger partial charge in [-0.25, -0.2) is 8.42 Å². The Hall–Kier alpha value is -1.64. The molecule has 0 saturated carbocycles. The van der Waals surface area contributed by atoms with Crippen molar-refractivity contribution in [1.29, 1.82) is 0 Å². The minimum Gasteiger partial charge on any atom is -0.398 e. The minimum absolute atomic E-state index is 0.000663. The van der Waals surface area contributed by atoms with Crippen LogP contribution in [-0.4, -0.2) is 42.4 Å². The van der Waals surface area contributed by atoms with Gasteiger partial charge in [0.05, 0.1) is 11.8 Å². The van der Waals surface area contributed by atoms with Crippen LogP contribution < -0.4 is 11.5 Å². The van der Waals surface area contributed by atoms with Crippen LogP contribution in [0.25, 0.3) is 0 Å². The molecule has 1 heterocycles. The number of hydrogen-bond acceptors (Lipinski definition) is 5. The molecular formula is C13H19N3O4S. The van der Waals surface area contributed by atoms with E-state index >= 15 is 0 Å². The van der Waals surface area contributed by atoms with Crippen molar-refractivity contribution < 1.29 is 18.3 Å². The van der Waals surface area contributed by atoms with Crippen molar-refractivity contribution >= 4 is 21.6 Å². The quantitative estimate of drug-likeness (QED) is 0.648. The summed E-state index contributed by atoms with van der Waals surface area (Å²) in [6, 6.07) is 2.19. The van der Waals surface area contributed by atoms with Crippen molar-refractivity contribution in [1.82, 2.24) is 4.31 Å². The molecule has 1 aliphatic heterocycles. The molecule has 116 valence electrons. The standard InChI is InChI=1S/C13H19N3O4S/c1-7-3-4-10(14)12(8(7)2)21(19,20)16-6-9(17)5-11(16)13(15)18/h3-4,9,11,17H,5-6,14H2,1-2H3,(H2,15,18). The Morgan fingerprint density at radius 3 is 2.57 bits per heavy atom. The van der Waals surface area contributed by atoms with Crippen LogP contribution in [-0.2, 0) is 14.8 Å². The van der Waals surface area contributed by atoms with Crippen molar-refractivity contribution in [2.45, 2.75) is 37.3 Å². The van der Waals surface area contributed by atoms with Crippen LogP contribution in [0.3, 0.4) is 0 Å². The van der Waals surface area contributed by atoms with Gasteiger partial charge in [0, 0.05) is 13.0 Å². The monoisotopic (exact) mass is 313 g/mol. The van der Waals surface area contributed by atoms with Gasteiger partial charge < -0.3 is 16.6 Å². The first-order valence-corrected chi connectivity index (χ1v) is 7.95. The average molecular weight is 313 g/mol. The van der Waals surface area contributed by atoms with Gasteiger partial charge in [-0.05, 0) is 31.0 Å². The number of aliphatic hydroxyl groups excluding tert-OH is 1. The van der Waals surface area contributed by atoms with Crippen LogP contribution in [0.1, 0.15) is 17.5 Å². The maximum absolute atomic E-state index is 12.8. The summed E-state index contributed by atoms with van der Waals surface area (Å²) in [6.45, 7) is 3.27. The molecule has 0 aromatic heterocycles. The summed E-state index contributed by atoms with van der Waals surface area (Å²) < 4.78 is 26.6. The van der Waals surface area contributed by atoms with E-state index in [1.807, 2.05) is 0 Å². The van der Waals surface area contributed by atoms with E-state index in [-0.39, 0.29) is 23.5 Å². The van der Waals surface area contributed by atoms with Gasteiger partial charge in [-0.1, -0.05) is 6.07 Å². The smallest absolute Gasteiger partial charge is 0.246 e. The third-order valence-electron chi connectivity index (χ3n) is 3.84. The second kappa shape index (κ2) is 5.28. The SMILES string of the molecule is Cc1ccc(N)c(S(=O)(=O)N2CC(O)CC2C(N)=O)c1C. The van der Waals surface area contributed by atoms with Gasteiger partial charge in [0.25, 0.3) is 0 Å². The van der Waals surface area contributed by atoms with E-state index in [4.69, 9.17) is 11.5 Å². The van der Waals surface area contributed by atoms with E-state index in [0.29, 0.717) is 5.56 Å². The van der Waals surface area contributed by atoms with Crippen LogP contribution >= 0.6 is 0 Å². The molecule has 2 rings (SSSR count). The summed E-state index contributed by atoms with van der Waals surface area (Å²) in [6.07, 6.45) is -0.914. The molecule has 1 fully saturated rings. The molecule has 0 radical (unpaired) electrons. The van der Waals surface area contributed by atoms with E-state index < -0.39 is 28.1 Å². The summed E-state index contributed by atoms with van der Waals surface area (Å²) >= 11 is 0. The largest absolute Gasteiger partial charge is 0.398 e. The lowest BCUT2D eigenvalue weighted by Gasteiger charge is -2.23. The van der Waals surface area contributed by atoms with Gasteiger partial charge in [0.1, 0.15) is 10.9 Å². The van der Waals surface area contributed by atoms with Crippen molar-refractivity contribution in [2.24, 2.45) is 5.73 Å². The van der Waals surface area contributed by atoms with Crippen molar-refractivity contribution in [3.63, 3.8) is 0 Å². The van der Waals surface area contributed by atoms with E-state index in [1.54, 1.807) is 19.9 Å². The molecule has 1 saturated heterocycles. The molecule has 21 heavy (non-hydrogen) atoms. The topological polar surface area (TPSA) is 127 Å². The average Bonchev–Trinajstić information content (AvgIpc) is 2.77. The lowest BCUT2D eigenvalue weighted by Crippen LogP contribution is -2.44. The number of nitrogens with zero attached hydrogens (tertiary/aromatic N) is 1. The first-order chi connectivity index (χ1) is 9.66. The molecule has 1 aromatic rings. The number of sulfonamides is 1. The van der Waals surface area contributed by atoms with Gasteiger partial charge in [-0.3, -0.25) is 4.79 Å². The predicted molar refractivity (Wildman–Crippen MR) is 77.8 cm³/mol. The van der Waals surface area contributed by atoms with Crippen LogP contribution in [0, 0.1) is 13.8 Å². The zero-order valence-corrected chi connectivity index (χ0v) is 12.7. The molecule has 2 atom stereocenters.